The second kappa shape index (κ2) is 15.7. The summed E-state index contributed by atoms with van der Waals surface area (Å²) in [6, 6.07) is 12.4. The zero-order valence-corrected chi connectivity index (χ0v) is 34.6. The van der Waals surface area contributed by atoms with Crippen molar-refractivity contribution >= 4 is 52.7 Å². The number of aryl methyl sites for hydroxylation is 1. The van der Waals surface area contributed by atoms with E-state index < -0.39 is 29.7 Å². The van der Waals surface area contributed by atoms with Crippen LogP contribution in [0.15, 0.2) is 48.8 Å². The van der Waals surface area contributed by atoms with Crippen molar-refractivity contribution in [1.29, 1.82) is 0 Å². The van der Waals surface area contributed by atoms with Crippen LogP contribution >= 0.6 is 0 Å². The molecular formula is C44H50N12O5. The molecule has 10 rings (SSSR count). The summed E-state index contributed by atoms with van der Waals surface area (Å²) in [6.07, 6.45) is 6.16. The molecule has 0 saturated carbocycles. The molecule has 17 heteroatoms. The molecule has 2 atom stereocenters. The summed E-state index contributed by atoms with van der Waals surface area (Å²) in [7, 11) is 0. The van der Waals surface area contributed by atoms with E-state index in [0.717, 1.165) is 106 Å². The minimum Gasteiger partial charge on any atom is -0.369 e. The van der Waals surface area contributed by atoms with Gasteiger partial charge in [0.05, 0.1) is 23.2 Å². The van der Waals surface area contributed by atoms with E-state index in [9.17, 15) is 24.0 Å². The minimum atomic E-state index is -0.980. The van der Waals surface area contributed by atoms with Gasteiger partial charge in [-0.15, -0.1) is 10.2 Å². The quantitative estimate of drug-likeness (QED) is 0.244. The van der Waals surface area contributed by atoms with Crippen LogP contribution in [0.1, 0.15) is 89.0 Å². The second-order valence-electron chi connectivity index (χ2n) is 17.1. The molecule has 0 radical (unpaired) electrons. The van der Waals surface area contributed by atoms with Gasteiger partial charge in [0.25, 0.3) is 17.7 Å². The Hall–Kier alpha value is -6.23. The zero-order valence-electron chi connectivity index (χ0n) is 34.6. The number of hydrogen-bond donors (Lipinski definition) is 1. The summed E-state index contributed by atoms with van der Waals surface area (Å²) < 4.78 is 1.94. The maximum atomic E-state index is 14.3. The number of amides is 5. The molecule has 17 nitrogen and oxygen atoms in total. The molecule has 1 aromatic carbocycles. The summed E-state index contributed by atoms with van der Waals surface area (Å²) in [5.41, 5.74) is 3.81. The van der Waals surface area contributed by atoms with Crippen molar-refractivity contribution in [3.63, 3.8) is 0 Å². The molecule has 0 bridgehead atoms. The highest BCUT2D eigenvalue weighted by Crippen LogP contribution is 2.39. The van der Waals surface area contributed by atoms with Crippen LogP contribution in [0.5, 0.6) is 0 Å². The minimum absolute atomic E-state index is 0.0587. The first-order chi connectivity index (χ1) is 29.6. The van der Waals surface area contributed by atoms with Gasteiger partial charge in [0.15, 0.2) is 5.82 Å². The van der Waals surface area contributed by atoms with Crippen molar-refractivity contribution in [2.75, 3.05) is 72.0 Å². The molecule has 0 spiro atoms. The van der Waals surface area contributed by atoms with Crippen molar-refractivity contribution in [2.24, 2.45) is 5.92 Å². The lowest BCUT2D eigenvalue weighted by atomic mass is 9.95. The fourth-order valence-electron chi connectivity index (χ4n) is 10.1. The fraction of sp³-hybridized carbons (Fsp3) is 0.477. The molecule has 316 valence electrons. The summed E-state index contributed by atoms with van der Waals surface area (Å²) in [5, 5.41) is 10.6. The Morgan fingerprint density at radius 1 is 0.770 bits per heavy atom. The van der Waals surface area contributed by atoms with E-state index in [2.05, 4.69) is 42.0 Å². The number of fused-ring (bicyclic) bond motifs is 2. The molecule has 61 heavy (non-hydrogen) atoms. The first-order valence-electron chi connectivity index (χ1n) is 21.7. The van der Waals surface area contributed by atoms with Gasteiger partial charge in [0.1, 0.15) is 35.5 Å². The van der Waals surface area contributed by atoms with Crippen molar-refractivity contribution in [3.05, 3.63) is 71.0 Å². The van der Waals surface area contributed by atoms with Crippen LogP contribution in [-0.2, 0) is 22.7 Å². The van der Waals surface area contributed by atoms with Crippen LogP contribution in [0.2, 0.25) is 0 Å². The third-order valence-electron chi connectivity index (χ3n) is 13.5. The molecule has 6 aliphatic heterocycles. The molecule has 4 aromatic rings. The van der Waals surface area contributed by atoms with Crippen LogP contribution < -0.4 is 24.9 Å². The standard InChI is InChI=1S/C44H50N12O5/c1-3-51-26-45-49-40(51)34-7-4-8-36(46-34)55-25-33-32(42(55)59)23-37(54-15-5-6-27(54)2)47-39(33)53-16-13-28(14-17-53)24-50-18-20-52(21-19-50)29-9-10-30-31(22-29)44(61)56(43(30)60)35-11-12-38(57)48-41(35)58/h4,7-10,22-23,26-28,35H,3,5-6,11-21,24-25H2,1-2H3,(H,48,57,58)/t27-,35?/m1/s1. The first kappa shape index (κ1) is 38.9. The average molecular weight is 827 g/mol. The van der Waals surface area contributed by atoms with E-state index in [1.807, 2.05) is 41.8 Å². The van der Waals surface area contributed by atoms with Gasteiger partial charge in [-0.25, -0.2) is 9.97 Å². The molecule has 4 saturated heterocycles. The zero-order chi connectivity index (χ0) is 41.9. The number of rotatable bonds is 9. The third-order valence-corrected chi connectivity index (χ3v) is 13.5. The second-order valence-corrected chi connectivity index (χ2v) is 17.1. The Morgan fingerprint density at radius 2 is 1.57 bits per heavy atom. The number of hydrogen-bond acceptors (Lipinski definition) is 13. The van der Waals surface area contributed by atoms with E-state index in [-0.39, 0.29) is 18.7 Å². The topological polar surface area (TPSA) is 173 Å². The lowest BCUT2D eigenvalue weighted by Crippen LogP contribution is -2.54. The molecule has 6 aliphatic rings. The number of aromatic nitrogens is 5. The first-order valence-corrected chi connectivity index (χ1v) is 21.7. The SMILES string of the molecule is CCn1cnnc1-c1cccc(N2Cc3c(cc(N4CCC[C@H]4C)nc3N3CCC(CN4CCN(c5ccc6c(c5)C(=O)N(C5CCC(=O)NC5=O)C6=O)CC4)CC3)C2=O)n1. The Bertz CT molecular complexity index is 2440. The van der Waals surface area contributed by atoms with Gasteiger partial charge >= 0.3 is 0 Å². The lowest BCUT2D eigenvalue weighted by Gasteiger charge is -2.40. The van der Waals surface area contributed by atoms with Gasteiger partial charge in [-0.05, 0) is 88.3 Å². The van der Waals surface area contributed by atoms with E-state index >= 15 is 0 Å². The van der Waals surface area contributed by atoms with Crippen LogP contribution in [0, 0.1) is 5.92 Å². The number of piperazine rings is 1. The fourth-order valence-corrected chi connectivity index (χ4v) is 10.1. The van der Waals surface area contributed by atoms with E-state index in [1.54, 1.807) is 23.4 Å². The van der Waals surface area contributed by atoms with Gasteiger partial charge in [-0.2, -0.15) is 0 Å². The predicted octanol–water partition coefficient (Wildman–Crippen LogP) is 3.34. The van der Waals surface area contributed by atoms with E-state index in [4.69, 9.17) is 9.97 Å². The Morgan fingerprint density at radius 3 is 2.33 bits per heavy atom. The van der Waals surface area contributed by atoms with Crippen LogP contribution in [0.3, 0.4) is 0 Å². The van der Waals surface area contributed by atoms with Crippen LogP contribution in [0.25, 0.3) is 11.5 Å². The number of carbonyl (C=O) groups excluding carboxylic acids is 5. The maximum absolute atomic E-state index is 14.3. The van der Waals surface area contributed by atoms with Crippen LogP contribution in [-0.4, -0.2) is 129 Å². The number of pyridine rings is 2. The number of nitrogens with one attached hydrogen (secondary N) is 1. The summed E-state index contributed by atoms with van der Waals surface area (Å²) in [4.78, 5) is 87.7. The van der Waals surface area contributed by atoms with Crippen molar-refractivity contribution in [1.82, 2.24) is 39.8 Å². The molecule has 3 aromatic heterocycles. The lowest BCUT2D eigenvalue weighted by molar-refractivity contribution is -0.136. The number of benzene rings is 1. The number of carbonyl (C=O) groups is 5. The number of anilines is 4. The highest BCUT2D eigenvalue weighted by atomic mass is 16.2. The number of piperidine rings is 2. The summed E-state index contributed by atoms with van der Waals surface area (Å²) in [5.74, 6) is 1.52. The Labute approximate surface area is 353 Å². The molecular weight excluding hydrogens is 777 g/mol. The van der Waals surface area contributed by atoms with Gasteiger partial charge in [0, 0.05) is 82.6 Å². The Kier molecular flexibility index (Phi) is 10.00. The third kappa shape index (κ3) is 6.97. The van der Waals surface area contributed by atoms with Crippen molar-refractivity contribution in [3.8, 4) is 11.5 Å². The Balaban J connectivity index is 0.793. The molecule has 9 heterocycles. The summed E-state index contributed by atoms with van der Waals surface area (Å²) >= 11 is 0. The predicted molar refractivity (Wildman–Crippen MR) is 226 cm³/mol. The monoisotopic (exact) mass is 826 g/mol. The highest BCUT2D eigenvalue weighted by molar-refractivity contribution is 6.23. The molecule has 4 fully saturated rings. The molecule has 1 N–H and O–H groups in total. The highest BCUT2D eigenvalue weighted by Gasteiger charge is 2.45. The van der Waals surface area contributed by atoms with E-state index in [0.29, 0.717) is 59.1 Å². The maximum Gasteiger partial charge on any atom is 0.262 e. The van der Waals surface area contributed by atoms with Crippen LogP contribution in [0.4, 0.5) is 23.1 Å². The molecule has 5 amide bonds. The van der Waals surface area contributed by atoms with Crippen molar-refractivity contribution < 1.29 is 24.0 Å². The smallest absolute Gasteiger partial charge is 0.262 e. The van der Waals surface area contributed by atoms with Gasteiger partial charge in [0.2, 0.25) is 11.8 Å². The number of imide groups is 2. The molecule has 0 aliphatic carbocycles. The summed E-state index contributed by atoms with van der Waals surface area (Å²) in [6.45, 7) is 12.3. The largest absolute Gasteiger partial charge is 0.369 e. The van der Waals surface area contributed by atoms with Gasteiger partial charge in [-0.3, -0.25) is 44.0 Å². The van der Waals surface area contributed by atoms with E-state index in [1.165, 1.54) is 0 Å². The van der Waals surface area contributed by atoms with Gasteiger partial charge < -0.3 is 19.3 Å². The van der Waals surface area contributed by atoms with Gasteiger partial charge in [-0.1, -0.05) is 6.07 Å². The average Bonchev–Trinajstić information content (AvgIpc) is 4.07. The molecule has 1 unspecified atom stereocenters. The number of nitrogens with zero attached hydrogens (tertiary/aromatic N) is 11. The normalized spacial score (nSPS) is 22.5. The van der Waals surface area contributed by atoms with Crippen molar-refractivity contribution in [2.45, 2.75) is 77.5 Å².